The minimum Gasteiger partial charge on any atom is -0.507 e. The van der Waals surface area contributed by atoms with Gasteiger partial charge in [-0.15, -0.1) is 0 Å². The third kappa shape index (κ3) is 3.26. The van der Waals surface area contributed by atoms with Gasteiger partial charge in [0.2, 0.25) is 0 Å². The Bertz CT molecular complexity index is 1190. The molecular formula is C24H19FN2O3. The maximum Gasteiger partial charge on any atom is 0.300 e. The first-order chi connectivity index (χ1) is 14.4. The smallest absolute Gasteiger partial charge is 0.300 e. The number of rotatable bonds is 3. The molecule has 1 aliphatic heterocycles. The number of Topliss-reactive ketones (excluding diaryl/α,β-unsaturated/α-hetero) is 1. The summed E-state index contributed by atoms with van der Waals surface area (Å²) in [6.45, 7) is 3.69. The van der Waals surface area contributed by atoms with Crippen LogP contribution in [0, 0.1) is 19.7 Å². The van der Waals surface area contributed by atoms with E-state index in [2.05, 4.69) is 4.98 Å². The summed E-state index contributed by atoms with van der Waals surface area (Å²) in [7, 11) is 0. The summed E-state index contributed by atoms with van der Waals surface area (Å²) in [4.78, 5) is 31.3. The van der Waals surface area contributed by atoms with E-state index < -0.39 is 23.5 Å². The van der Waals surface area contributed by atoms with Crippen LogP contribution >= 0.6 is 0 Å². The van der Waals surface area contributed by atoms with Crippen LogP contribution in [0.4, 0.5) is 10.1 Å². The number of amides is 1. The first-order valence-corrected chi connectivity index (χ1v) is 9.42. The van der Waals surface area contributed by atoms with E-state index in [0.717, 1.165) is 11.1 Å². The van der Waals surface area contributed by atoms with Gasteiger partial charge in [0.25, 0.3) is 11.7 Å². The number of benzene rings is 2. The summed E-state index contributed by atoms with van der Waals surface area (Å²) in [6, 6.07) is 13.4. The summed E-state index contributed by atoms with van der Waals surface area (Å²) in [6.07, 6.45) is 3.08. The summed E-state index contributed by atoms with van der Waals surface area (Å²) in [5.74, 6) is -2.43. The number of aliphatic hydroxyl groups excluding tert-OH is 1. The van der Waals surface area contributed by atoms with Crippen molar-refractivity contribution in [2.24, 2.45) is 0 Å². The second-order valence-electron chi connectivity index (χ2n) is 7.25. The molecular weight excluding hydrogens is 383 g/mol. The van der Waals surface area contributed by atoms with E-state index >= 15 is 0 Å². The third-order valence-electron chi connectivity index (χ3n) is 5.20. The zero-order valence-corrected chi connectivity index (χ0v) is 16.5. The number of aryl methyl sites for hydroxylation is 2. The molecule has 6 heteroatoms. The van der Waals surface area contributed by atoms with E-state index in [0.29, 0.717) is 11.1 Å². The van der Waals surface area contributed by atoms with Crippen LogP contribution in [0.1, 0.15) is 28.3 Å². The third-order valence-corrected chi connectivity index (χ3v) is 5.20. The molecule has 5 nitrogen and oxygen atoms in total. The molecule has 2 aromatic carbocycles. The van der Waals surface area contributed by atoms with Crippen molar-refractivity contribution in [1.82, 2.24) is 4.98 Å². The van der Waals surface area contributed by atoms with Gasteiger partial charge in [-0.1, -0.05) is 23.8 Å². The summed E-state index contributed by atoms with van der Waals surface area (Å²) >= 11 is 0. The molecule has 0 aliphatic carbocycles. The lowest BCUT2D eigenvalue weighted by molar-refractivity contribution is -0.132. The van der Waals surface area contributed by atoms with Gasteiger partial charge in [0, 0.05) is 23.6 Å². The van der Waals surface area contributed by atoms with Gasteiger partial charge in [0.05, 0.1) is 11.6 Å². The van der Waals surface area contributed by atoms with Crippen molar-refractivity contribution in [2.75, 3.05) is 4.90 Å². The van der Waals surface area contributed by atoms with E-state index in [1.54, 1.807) is 36.7 Å². The fourth-order valence-corrected chi connectivity index (χ4v) is 3.72. The minimum atomic E-state index is -0.908. The highest BCUT2D eigenvalue weighted by Gasteiger charge is 2.47. The molecule has 1 N–H and O–H groups in total. The standard InChI is InChI=1S/C24H19FN2O3/c1-14-6-7-15(2)19(12-14)22(28)20-21(16-8-10-26-11-9-16)27(24(30)23(20)29)18-5-3-4-17(25)13-18/h3-13,21,28H,1-2H3/b22-20+. The molecule has 1 amide bonds. The van der Waals surface area contributed by atoms with E-state index in [1.165, 1.54) is 23.1 Å². The molecule has 0 spiro atoms. The quantitative estimate of drug-likeness (QED) is 0.399. The monoisotopic (exact) mass is 402 g/mol. The fourth-order valence-electron chi connectivity index (χ4n) is 3.72. The zero-order chi connectivity index (χ0) is 21.4. The molecule has 4 rings (SSSR count). The van der Waals surface area contributed by atoms with Crippen LogP contribution in [0.25, 0.3) is 5.76 Å². The van der Waals surface area contributed by atoms with Crippen molar-refractivity contribution in [3.8, 4) is 0 Å². The number of ketones is 1. The van der Waals surface area contributed by atoms with Crippen LogP contribution in [-0.4, -0.2) is 21.8 Å². The van der Waals surface area contributed by atoms with Crippen molar-refractivity contribution >= 4 is 23.1 Å². The van der Waals surface area contributed by atoms with Crippen LogP contribution in [0.3, 0.4) is 0 Å². The SMILES string of the molecule is Cc1ccc(C)c(/C(O)=C2\C(=O)C(=O)N(c3cccc(F)c3)C2c2ccncc2)c1. The molecule has 0 saturated carbocycles. The van der Waals surface area contributed by atoms with Crippen LogP contribution in [-0.2, 0) is 9.59 Å². The number of carbonyl (C=O) groups is 2. The second-order valence-corrected chi connectivity index (χ2v) is 7.25. The number of pyridine rings is 1. The highest BCUT2D eigenvalue weighted by Crippen LogP contribution is 2.42. The Morgan fingerprint density at radius 3 is 2.47 bits per heavy atom. The summed E-state index contributed by atoms with van der Waals surface area (Å²) in [5.41, 5.74) is 2.93. The van der Waals surface area contributed by atoms with Gasteiger partial charge in [-0.25, -0.2) is 4.39 Å². The number of carbonyl (C=O) groups excluding carboxylic acids is 2. The molecule has 1 atom stereocenters. The number of nitrogens with zero attached hydrogens (tertiary/aromatic N) is 2. The normalized spacial score (nSPS) is 18.1. The van der Waals surface area contributed by atoms with E-state index in [9.17, 15) is 19.1 Å². The number of hydrogen-bond donors (Lipinski definition) is 1. The van der Waals surface area contributed by atoms with Gasteiger partial charge >= 0.3 is 0 Å². The summed E-state index contributed by atoms with van der Waals surface area (Å²) < 4.78 is 13.9. The van der Waals surface area contributed by atoms with Crippen LogP contribution < -0.4 is 4.90 Å². The first kappa shape index (κ1) is 19.5. The Kier molecular flexibility index (Phi) is 4.91. The lowest BCUT2D eigenvalue weighted by Gasteiger charge is -2.25. The van der Waals surface area contributed by atoms with Crippen LogP contribution in [0.2, 0.25) is 0 Å². The number of aromatic nitrogens is 1. The highest BCUT2D eigenvalue weighted by molar-refractivity contribution is 6.51. The molecule has 1 unspecified atom stereocenters. The molecule has 3 aromatic rings. The predicted molar refractivity (Wildman–Crippen MR) is 111 cm³/mol. The Labute approximate surface area is 173 Å². The van der Waals surface area contributed by atoms with Crippen molar-refractivity contribution < 1.29 is 19.1 Å². The summed E-state index contributed by atoms with van der Waals surface area (Å²) in [5, 5.41) is 11.2. The molecule has 0 bridgehead atoms. The van der Waals surface area contributed by atoms with Crippen molar-refractivity contribution in [2.45, 2.75) is 19.9 Å². The largest absolute Gasteiger partial charge is 0.507 e. The van der Waals surface area contributed by atoms with Crippen LogP contribution in [0.15, 0.2) is 72.6 Å². The highest BCUT2D eigenvalue weighted by atomic mass is 19.1. The molecule has 0 radical (unpaired) electrons. The number of aliphatic hydroxyl groups is 1. The van der Waals surface area contributed by atoms with E-state index in [-0.39, 0.29) is 17.0 Å². The molecule has 30 heavy (non-hydrogen) atoms. The Balaban J connectivity index is 1.98. The first-order valence-electron chi connectivity index (χ1n) is 9.42. The Morgan fingerprint density at radius 2 is 1.77 bits per heavy atom. The van der Waals surface area contributed by atoms with Gasteiger partial charge in [-0.3, -0.25) is 19.5 Å². The average molecular weight is 402 g/mol. The molecule has 1 fully saturated rings. The van der Waals surface area contributed by atoms with Gasteiger partial charge < -0.3 is 5.11 Å². The predicted octanol–water partition coefficient (Wildman–Crippen LogP) is 4.46. The lowest BCUT2D eigenvalue weighted by atomic mass is 9.93. The lowest BCUT2D eigenvalue weighted by Crippen LogP contribution is -2.29. The number of hydrogen-bond acceptors (Lipinski definition) is 4. The van der Waals surface area contributed by atoms with Crippen LogP contribution in [0.5, 0.6) is 0 Å². The number of halogens is 1. The molecule has 1 aromatic heterocycles. The van der Waals surface area contributed by atoms with E-state index in [1.807, 2.05) is 26.0 Å². The molecule has 2 heterocycles. The second kappa shape index (κ2) is 7.55. The maximum absolute atomic E-state index is 13.9. The molecule has 1 saturated heterocycles. The maximum atomic E-state index is 13.9. The zero-order valence-electron chi connectivity index (χ0n) is 16.5. The van der Waals surface area contributed by atoms with Gasteiger partial charge in [0.1, 0.15) is 11.6 Å². The topological polar surface area (TPSA) is 70.5 Å². The molecule has 1 aliphatic rings. The van der Waals surface area contributed by atoms with Gasteiger partial charge in [-0.2, -0.15) is 0 Å². The van der Waals surface area contributed by atoms with Gasteiger partial charge in [0.15, 0.2) is 0 Å². The van der Waals surface area contributed by atoms with Gasteiger partial charge in [-0.05, 0) is 61.4 Å². The van der Waals surface area contributed by atoms with Crippen molar-refractivity contribution in [1.29, 1.82) is 0 Å². The van der Waals surface area contributed by atoms with E-state index in [4.69, 9.17) is 0 Å². The molecule has 150 valence electrons. The van der Waals surface area contributed by atoms with Crippen molar-refractivity contribution in [3.63, 3.8) is 0 Å². The Morgan fingerprint density at radius 1 is 1.03 bits per heavy atom. The van der Waals surface area contributed by atoms with Crippen molar-refractivity contribution in [3.05, 3.63) is 101 Å². The minimum absolute atomic E-state index is 0.0378. The fraction of sp³-hybridized carbons (Fsp3) is 0.125. The average Bonchev–Trinajstić information content (AvgIpc) is 3.01. The Hall–Kier alpha value is -3.80. The number of anilines is 1.